The number of piperidine rings is 1. The summed E-state index contributed by atoms with van der Waals surface area (Å²) < 4.78 is 2.18. The fourth-order valence-electron chi connectivity index (χ4n) is 2.06. The van der Waals surface area contributed by atoms with E-state index < -0.39 is 0 Å². The Kier molecular flexibility index (Phi) is 3.78. The Bertz CT molecular complexity index is 376. The number of hydrogen-bond acceptors (Lipinski definition) is 3. The second kappa shape index (κ2) is 5.31. The molecule has 0 spiro atoms. The van der Waals surface area contributed by atoms with Gasteiger partial charge in [0.15, 0.2) is 0 Å². The zero-order valence-corrected chi connectivity index (χ0v) is 10.4. The van der Waals surface area contributed by atoms with Crippen molar-refractivity contribution in [2.75, 3.05) is 6.54 Å². The van der Waals surface area contributed by atoms with E-state index >= 15 is 0 Å². The molecule has 17 heavy (non-hydrogen) atoms. The third-order valence-corrected chi connectivity index (χ3v) is 3.07. The lowest BCUT2D eigenvalue weighted by atomic mass is 10.1. The molecule has 1 aromatic rings. The normalized spacial score (nSPS) is 20.6. The first kappa shape index (κ1) is 12.1. The van der Waals surface area contributed by atoms with Gasteiger partial charge in [-0.1, -0.05) is 13.8 Å². The van der Waals surface area contributed by atoms with Gasteiger partial charge in [0.05, 0.1) is 18.1 Å². The lowest BCUT2D eigenvalue weighted by Crippen LogP contribution is -2.36. The van der Waals surface area contributed by atoms with E-state index in [0.717, 1.165) is 13.0 Å². The maximum Gasteiger partial charge on any atom is 0.220 e. The molecule has 2 heterocycles. The van der Waals surface area contributed by atoms with Crippen LogP contribution < -0.4 is 10.6 Å². The van der Waals surface area contributed by atoms with Crippen LogP contribution in [0.2, 0.25) is 0 Å². The summed E-state index contributed by atoms with van der Waals surface area (Å²) in [7, 11) is 0. The van der Waals surface area contributed by atoms with Gasteiger partial charge in [-0.25, -0.2) is 4.98 Å². The highest BCUT2D eigenvalue weighted by Gasteiger charge is 2.20. The molecule has 1 atom stereocenters. The quantitative estimate of drug-likeness (QED) is 0.814. The van der Waals surface area contributed by atoms with Crippen LogP contribution in [0.4, 0.5) is 0 Å². The van der Waals surface area contributed by atoms with Gasteiger partial charge in [0.1, 0.15) is 0 Å². The number of hydrogen-bond donors (Lipinski definition) is 2. The molecule has 1 fully saturated rings. The highest BCUT2D eigenvalue weighted by Crippen LogP contribution is 2.18. The van der Waals surface area contributed by atoms with Crippen molar-refractivity contribution in [2.45, 2.75) is 45.3 Å². The summed E-state index contributed by atoms with van der Waals surface area (Å²) in [5.41, 5.74) is 1.18. The molecule has 2 N–H and O–H groups in total. The van der Waals surface area contributed by atoms with Crippen molar-refractivity contribution >= 4 is 5.91 Å². The van der Waals surface area contributed by atoms with Gasteiger partial charge in [-0.2, -0.15) is 0 Å². The molecule has 0 radical (unpaired) electrons. The summed E-state index contributed by atoms with van der Waals surface area (Å²) in [6.45, 7) is 5.79. The summed E-state index contributed by atoms with van der Waals surface area (Å²) in [6.07, 6.45) is 5.27. The molecule has 1 aliphatic rings. The number of aromatic nitrogens is 2. The van der Waals surface area contributed by atoms with Gasteiger partial charge in [-0.15, -0.1) is 0 Å². The summed E-state index contributed by atoms with van der Waals surface area (Å²) in [5.74, 6) is 0.156. The molecule has 1 saturated heterocycles. The minimum atomic E-state index is 0.156. The zero-order chi connectivity index (χ0) is 12.3. The van der Waals surface area contributed by atoms with Crippen LogP contribution in [0.3, 0.4) is 0 Å². The monoisotopic (exact) mass is 236 g/mol. The second-order valence-corrected chi connectivity index (χ2v) is 4.82. The zero-order valence-electron chi connectivity index (χ0n) is 10.4. The molecule has 5 nitrogen and oxygen atoms in total. The molecule has 1 aromatic heterocycles. The van der Waals surface area contributed by atoms with E-state index in [-0.39, 0.29) is 5.91 Å². The van der Waals surface area contributed by atoms with Crippen molar-refractivity contribution in [1.82, 2.24) is 20.2 Å². The molecule has 0 bridgehead atoms. The van der Waals surface area contributed by atoms with E-state index in [2.05, 4.69) is 34.0 Å². The van der Waals surface area contributed by atoms with Crippen LogP contribution in [-0.4, -0.2) is 28.0 Å². The van der Waals surface area contributed by atoms with Crippen molar-refractivity contribution < 1.29 is 4.79 Å². The number of amides is 1. The van der Waals surface area contributed by atoms with E-state index in [4.69, 9.17) is 0 Å². The Hall–Kier alpha value is -1.36. The average molecular weight is 236 g/mol. The van der Waals surface area contributed by atoms with Crippen LogP contribution in [0.1, 0.15) is 38.4 Å². The standard InChI is InChI=1S/C12H20N4O/c1-9(2)14-7-11-5-13-8-16(11)10-3-4-12(17)15-6-10/h5,8-10,14H,3-4,6-7H2,1-2H3,(H,15,17). The highest BCUT2D eigenvalue weighted by atomic mass is 16.1. The molecule has 1 amide bonds. The Morgan fingerprint density at radius 2 is 2.47 bits per heavy atom. The molecule has 94 valence electrons. The Balaban J connectivity index is 2.00. The lowest BCUT2D eigenvalue weighted by Gasteiger charge is -2.25. The molecule has 2 rings (SSSR count). The molecule has 0 saturated carbocycles. The van der Waals surface area contributed by atoms with E-state index in [1.807, 2.05) is 12.5 Å². The first-order valence-corrected chi connectivity index (χ1v) is 6.17. The van der Waals surface area contributed by atoms with E-state index in [0.29, 0.717) is 25.0 Å². The molecular weight excluding hydrogens is 216 g/mol. The van der Waals surface area contributed by atoms with Crippen LogP contribution in [0, 0.1) is 0 Å². The van der Waals surface area contributed by atoms with Crippen LogP contribution >= 0.6 is 0 Å². The minimum absolute atomic E-state index is 0.156. The number of carbonyl (C=O) groups is 1. The van der Waals surface area contributed by atoms with Crippen LogP contribution in [0.25, 0.3) is 0 Å². The number of nitrogens with zero attached hydrogens (tertiary/aromatic N) is 2. The smallest absolute Gasteiger partial charge is 0.220 e. The summed E-state index contributed by atoms with van der Waals surface area (Å²) in [5, 5.41) is 6.29. The number of imidazole rings is 1. The van der Waals surface area contributed by atoms with Crippen molar-refractivity contribution in [2.24, 2.45) is 0 Å². The summed E-state index contributed by atoms with van der Waals surface area (Å²) in [4.78, 5) is 15.3. The van der Waals surface area contributed by atoms with Gasteiger partial charge in [-0.05, 0) is 6.42 Å². The molecule has 1 unspecified atom stereocenters. The van der Waals surface area contributed by atoms with Crippen molar-refractivity contribution in [3.05, 3.63) is 18.2 Å². The predicted molar refractivity (Wildman–Crippen MR) is 65.5 cm³/mol. The molecular formula is C12H20N4O. The first-order chi connectivity index (χ1) is 8.16. The third kappa shape index (κ3) is 3.06. The fourth-order valence-corrected chi connectivity index (χ4v) is 2.06. The van der Waals surface area contributed by atoms with Gasteiger partial charge in [0.25, 0.3) is 0 Å². The summed E-state index contributed by atoms with van der Waals surface area (Å²) >= 11 is 0. The highest BCUT2D eigenvalue weighted by molar-refractivity contribution is 5.76. The van der Waals surface area contributed by atoms with E-state index in [1.165, 1.54) is 5.69 Å². The number of nitrogens with one attached hydrogen (secondary N) is 2. The molecule has 0 aliphatic carbocycles. The minimum Gasteiger partial charge on any atom is -0.354 e. The van der Waals surface area contributed by atoms with Crippen molar-refractivity contribution in [1.29, 1.82) is 0 Å². The van der Waals surface area contributed by atoms with Gasteiger partial charge >= 0.3 is 0 Å². The lowest BCUT2D eigenvalue weighted by molar-refractivity contribution is -0.122. The van der Waals surface area contributed by atoms with Crippen LogP contribution in [0.15, 0.2) is 12.5 Å². The third-order valence-electron chi connectivity index (χ3n) is 3.07. The summed E-state index contributed by atoms with van der Waals surface area (Å²) in [6, 6.07) is 0.809. The Labute approximate surface area is 102 Å². The topological polar surface area (TPSA) is 59.0 Å². The maximum absolute atomic E-state index is 11.1. The number of carbonyl (C=O) groups excluding carboxylic acids is 1. The fraction of sp³-hybridized carbons (Fsp3) is 0.667. The Morgan fingerprint density at radius 1 is 1.65 bits per heavy atom. The van der Waals surface area contributed by atoms with Crippen LogP contribution in [-0.2, 0) is 11.3 Å². The van der Waals surface area contributed by atoms with Crippen molar-refractivity contribution in [3.63, 3.8) is 0 Å². The molecule has 5 heteroatoms. The average Bonchev–Trinajstić information content (AvgIpc) is 2.75. The SMILES string of the molecule is CC(C)NCc1cncn1C1CCC(=O)NC1. The molecule has 1 aliphatic heterocycles. The van der Waals surface area contributed by atoms with Gasteiger partial charge in [-0.3, -0.25) is 4.79 Å². The van der Waals surface area contributed by atoms with Gasteiger partial charge in [0, 0.05) is 31.7 Å². The van der Waals surface area contributed by atoms with Gasteiger partial charge in [0.2, 0.25) is 5.91 Å². The van der Waals surface area contributed by atoms with Gasteiger partial charge < -0.3 is 15.2 Å². The second-order valence-electron chi connectivity index (χ2n) is 4.82. The maximum atomic E-state index is 11.1. The molecule has 0 aromatic carbocycles. The van der Waals surface area contributed by atoms with Crippen molar-refractivity contribution in [3.8, 4) is 0 Å². The van der Waals surface area contributed by atoms with E-state index in [9.17, 15) is 4.79 Å². The van der Waals surface area contributed by atoms with E-state index in [1.54, 1.807) is 0 Å². The number of rotatable bonds is 4. The Morgan fingerprint density at radius 3 is 3.12 bits per heavy atom. The predicted octanol–water partition coefficient (Wildman–Crippen LogP) is 0.832. The first-order valence-electron chi connectivity index (χ1n) is 6.17. The largest absolute Gasteiger partial charge is 0.354 e. The van der Waals surface area contributed by atoms with Crippen LogP contribution in [0.5, 0.6) is 0 Å².